The van der Waals surface area contributed by atoms with Crippen LogP contribution in [0.15, 0.2) is 30.6 Å². The first-order valence-corrected chi connectivity index (χ1v) is 7.49. The highest BCUT2D eigenvalue weighted by molar-refractivity contribution is 7.89. The molecule has 0 N–H and O–H groups in total. The first kappa shape index (κ1) is 14.1. The van der Waals surface area contributed by atoms with Gasteiger partial charge in [0.25, 0.3) is 10.0 Å². The van der Waals surface area contributed by atoms with Crippen LogP contribution in [0.1, 0.15) is 12.5 Å². The minimum absolute atomic E-state index is 0.0443. The van der Waals surface area contributed by atoms with E-state index in [1.165, 1.54) is 19.5 Å². The van der Waals surface area contributed by atoms with Crippen molar-refractivity contribution in [1.29, 1.82) is 5.26 Å². The van der Waals surface area contributed by atoms with Crippen molar-refractivity contribution in [1.82, 2.24) is 9.19 Å². The van der Waals surface area contributed by atoms with Gasteiger partial charge in [0.15, 0.2) is 0 Å². The van der Waals surface area contributed by atoms with E-state index in [1.54, 1.807) is 25.1 Å². The zero-order chi connectivity index (χ0) is 14.8. The van der Waals surface area contributed by atoms with Crippen LogP contribution in [-0.4, -0.2) is 30.5 Å². The largest absolute Gasteiger partial charge is 0.497 e. The third-order valence-corrected chi connectivity index (χ3v) is 4.37. The lowest BCUT2D eigenvalue weighted by Gasteiger charge is -2.04. The number of hydrogen-bond donors (Lipinski definition) is 0. The molecule has 20 heavy (non-hydrogen) atoms. The second-order valence-corrected chi connectivity index (χ2v) is 6.14. The van der Waals surface area contributed by atoms with E-state index in [9.17, 15) is 8.42 Å². The molecule has 0 amide bonds. The molecular formula is C13H13N3O3S. The Bertz CT molecular complexity index is 772. The lowest BCUT2D eigenvalue weighted by Crippen LogP contribution is -2.14. The molecule has 1 heterocycles. The van der Waals surface area contributed by atoms with Crippen LogP contribution >= 0.6 is 0 Å². The molecule has 104 valence electrons. The van der Waals surface area contributed by atoms with Gasteiger partial charge in [0, 0.05) is 11.1 Å². The smallest absolute Gasteiger partial charge is 0.253 e. The zero-order valence-electron chi connectivity index (χ0n) is 11.1. The van der Waals surface area contributed by atoms with Crippen LogP contribution in [0.3, 0.4) is 0 Å². The van der Waals surface area contributed by atoms with Crippen LogP contribution in [0.2, 0.25) is 0 Å². The van der Waals surface area contributed by atoms with Gasteiger partial charge in [-0.05, 0) is 25.1 Å². The van der Waals surface area contributed by atoms with Crippen LogP contribution in [0, 0.1) is 11.3 Å². The van der Waals surface area contributed by atoms with Crippen LogP contribution in [0.4, 0.5) is 0 Å². The second kappa shape index (κ2) is 5.35. The van der Waals surface area contributed by atoms with Gasteiger partial charge in [-0.3, -0.25) is 0 Å². The van der Waals surface area contributed by atoms with E-state index in [2.05, 4.69) is 11.2 Å². The number of ether oxygens (including phenoxy) is 1. The number of aromatic nitrogens is 2. The van der Waals surface area contributed by atoms with E-state index in [0.29, 0.717) is 22.4 Å². The monoisotopic (exact) mass is 291 g/mol. The fourth-order valence-corrected chi connectivity index (χ4v) is 2.44. The van der Waals surface area contributed by atoms with Gasteiger partial charge >= 0.3 is 0 Å². The van der Waals surface area contributed by atoms with Gasteiger partial charge in [-0.1, -0.05) is 0 Å². The summed E-state index contributed by atoms with van der Waals surface area (Å²) in [6.07, 6.45) is 2.82. The Hall–Kier alpha value is -2.33. The number of hydrogen-bond acceptors (Lipinski definition) is 5. The predicted octanol–water partition coefficient (Wildman–Crippen LogP) is 1.63. The standard InChI is InChI=1S/C13H13N3O3S/c1-3-20(17,18)16-9-11(8-15-16)13-6-12(19-2)5-4-10(13)7-14/h4-6,8-9H,3H2,1-2H3. The number of methoxy groups -OCH3 is 1. The van der Waals surface area contributed by atoms with Crippen molar-refractivity contribution >= 4 is 10.0 Å². The Morgan fingerprint density at radius 3 is 2.80 bits per heavy atom. The number of nitriles is 1. The maximum atomic E-state index is 11.7. The third-order valence-electron chi connectivity index (χ3n) is 2.87. The fraction of sp³-hybridized carbons (Fsp3) is 0.231. The lowest BCUT2D eigenvalue weighted by atomic mass is 10.0. The number of nitrogens with zero attached hydrogens (tertiary/aromatic N) is 3. The molecule has 0 bridgehead atoms. The Kier molecular flexibility index (Phi) is 3.77. The van der Waals surface area contributed by atoms with Crippen LogP contribution in [0.25, 0.3) is 11.1 Å². The van der Waals surface area contributed by atoms with E-state index < -0.39 is 10.0 Å². The van der Waals surface area contributed by atoms with Crippen LogP contribution in [-0.2, 0) is 10.0 Å². The van der Waals surface area contributed by atoms with E-state index >= 15 is 0 Å². The van der Waals surface area contributed by atoms with Crippen molar-refractivity contribution in [3.05, 3.63) is 36.2 Å². The molecule has 1 aromatic heterocycles. The Labute approximate surface area is 117 Å². The minimum Gasteiger partial charge on any atom is -0.497 e. The summed E-state index contributed by atoms with van der Waals surface area (Å²) >= 11 is 0. The summed E-state index contributed by atoms with van der Waals surface area (Å²) in [4.78, 5) is 0. The Morgan fingerprint density at radius 1 is 1.45 bits per heavy atom. The molecule has 0 saturated carbocycles. The molecule has 0 aliphatic carbocycles. The molecule has 0 atom stereocenters. The van der Waals surface area contributed by atoms with Crippen molar-refractivity contribution in [3.63, 3.8) is 0 Å². The second-order valence-electron chi connectivity index (χ2n) is 4.03. The number of benzene rings is 1. The average Bonchev–Trinajstić information content (AvgIpc) is 2.97. The molecule has 0 radical (unpaired) electrons. The molecule has 7 heteroatoms. The normalized spacial score (nSPS) is 11.1. The summed E-state index contributed by atoms with van der Waals surface area (Å²) in [6.45, 7) is 1.54. The van der Waals surface area contributed by atoms with Crippen LogP contribution in [0.5, 0.6) is 5.75 Å². The van der Waals surface area contributed by atoms with Crippen molar-refractivity contribution in [3.8, 4) is 22.9 Å². The van der Waals surface area contributed by atoms with E-state index in [1.807, 2.05) is 0 Å². The van der Waals surface area contributed by atoms with Crippen molar-refractivity contribution in [2.45, 2.75) is 6.92 Å². The molecule has 0 spiro atoms. The highest BCUT2D eigenvalue weighted by Gasteiger charge is 2.14. The fourth-order valence-electron chi connectivity index (χ4n) is 1.71. The average molecular weight is 291 g/mol. The van der Waals surface area contributed by atoms with Crippen LogP contribution < -0.4 is 4.74 Å². The van der Waals surface area contributed by atoms with Crippen molar-refractivity contribution in [2.24, 2.45) is 0 Å². The first-order valence-electron chi connectivity index (χ1n) is 5.88. The quantitative estimate of drug-likeness (QED) is 0.854. The third kappa shape index (κ3) is 2.51. The highest BCUT2D eigenvalue weighted by atomic mass is 32.2. The summed E-state index contributed by atoms with van der Waals surface area (Å²) in [5.41, 5.74) is 1.57. The molecule has 0 aliphatic heterocycles. The lowest BCUT2D eigenvalue weighted by molar-refractivity contribution is 0.415. The SMILES string of the molecule is CCS(=O)(=O)n1cc(-c2cc(OC)ccc2C#N)cn1. The zero-order valence-corrected chi connectivity index (χ0v) is 11.9. The van der Waals surface area contributed by atoms with Crippen molar-refractivity contribution < 1.29 is 13.2 Å². The summed E-state index contributed by atoms with van der Waals surface area (Å²) in [5.74, 6) is 0.544. The molecule has 1 aromatic carbocycles. The van der Waals surface area contributed by atoms with Crippen molar-refractivity contribution in [2.75, 3.05) is 12.9 Å². The van der Waals surface area contributed by atoms with Gasteiger partial charge in [0.05, 0.1) is 36.9 Å². The van der Waals surface area contributed by atoms with Gasteiger partial charge in [-0.2, -0.15) is 14.4 Å². The maximum Gasteiger partial charge on any atom is 0.253 e. The minimum atomic E-state index is -3.43. The molecular weight excluding hydrogens is 278 g/mol. The van der Waals surface area contributed by atoms with E-state index in [0.717, 1.165) is 4.09 Å². The number of rotatable bonds is 4. The molecule has 6 nitrogen and oxygen atoms in total. The maximum absolute atomic E-state index is 11.7. The first-order chi connectivity index (χ1) is 9.51. The topological polar surface area (TPSA) is 85.0 Å². The van der Waals surface area contributed by atoms with E-state index in [4.69, 9.17) is 10.00 Å². The molecule has 2 aromatic rings. The summed E-state index contributed by atoms with van der Waals surface area (Å²) in [5, 5.41) is 13.0. The van der Waals surface area contributed by atoms with E-state index in [-0.39, 0.29) is 5.75 Å². The summed E-state index contributed by atoms with van der Waals surface area (Å²) in [6, 6.07) is 7.05. The molecule has 2 rings (SSSR count). The van der Waals surface area contributed by atoms with Gasteiger partial charge in [0.2, 0.25) is 0 Å². The molecule has 0 saturated heterocycles. The van der Waals surface area contributed by atoms with Gasteiger partial charge in [0.1, 0.15) is 5.75 Å². The Morgan fingerprint density at radius 2 is 2.20 bits per heavy atom. The molecule has 0 unspecified atom stereocenters. The molecule has 0 aliphatic rings. The van der Waals surface area contributed by atoms with Gasteiger partial charge in [-0.15, -0.1) is 0 Å². The van der Waals surface area contributed by atoms with Gasteiger partial charge < -0.3 is 4.74 Å². The summed E-state index contributed by atoms with van der Waals surface area (Å²) in [7, 11) is -1.91. The Balaban J connectivity index is 2.55. The summed E-state index contributed by atoms with van der Waals surface area (Å²) < 4.78 is 29.5. The highest BCUT2D eigenvalue weighted by Crippen LogP contribution is 2.27. The molecule has 0 fully saturated rings. The van der Waals surface area contributed by atoms with Gasteiger partial charge in [-0.25, -0.2) is 8.42 Å². The predicted molar refractivity (Wildman–Crippen MR) is 73.8 cm³/mol.